The van der Waals surface area contributed by atoms with E-state index >= 15 is 0 Å². The third-order valence-corrected chi connectivity index (χ3v) is 3.82. The van der Waals surface area contributed by atoms with Crippen LogP contribution in [0.1, 0.15) is 0 Å². The molecule has 1 aromatic heterocycles. The quantitative estimate of drug-likeness (QED) is 0.433. The molecule has 0 spiro atoms. The van der Waals surface area contributed by atoms with Gasteiger partial charge in [-0.25, -0.2) is 0 Å². The Morgan fingerprint density at radius 3 is 2.68 bits per heavy atom. The predicted octanol–water partition coefficient (Wildman–Crippen LogP) is -0.735. The van der Waals surface area contributed by atoms with E-state index in [1.807, 2.05) is 0 Å². The minimum atomic E-state index is -2.27. The molecule has 9 heteroatoms. The van der Waals surface area contributed by atoms with Gasteiger partial charge in [0.1, 0.15) is 12.2 Å². The topological polar surface area (TPSA) is 138 Å². The molecule has 3 rings (SSSR count). The first kappa shape index (κ1) is 14.9. The van der Waals surface area contributed by atoms with Gasteiger partial charge in [-0.3, -0.25) is 14.7 Å². The van der Waals surface area contributed by atoms with Crippen LogP contribution in [0, 0.1) is 10.1 Å². The molecule has 1 fully saturated rings. The second-order valence-corrected chi connectivity index (χ2v) is 5.12. The fourth-order valence-corrected chi connectivity index (χ4v) is 2.66. The van der Waals surface area contributed by atoms with Crippen molar-refractivity contribution in [1.82, 2.24) is 4.57 Å². The molecule has 0 saturated carbocycles. The van der Waals surface area contributed by atoms with Crippen molar-refractivity contribution < 1.29 is 30.1 Å². The van der Waals surface area contributed by atoms with Gasteiger partial charge in [0.25, 0.3) is 11.6 Å². The number of benzene rings is 1. The molecule has 1 saturated heterocycles. The summed E-state index contributed by atoms with van der Waals surface area (Å²) in [5.74, 6) is -2.27. The molecule has 1 aromatic carbocycles. The predicted molar refractivity (Wildman–Crippen MR) is 72.8 cm³/mol. The highest BCUT2D eigenvalue weighted by atomic mass is 16.7. The van der Waals surface area contributed by atoms with E-state index in [-0.39, 0.29) is 5.69 Å². The molecule has 0 amide bonds. The van der Waals surface area contributed by atoms with Crippen LogP contribution in [0.2, 0.25) is 0 Å². The van der Waals surface area contributed by atoms with Crippen LogP contribution in [0.25, 0.3) is 10.9 Å². The van der Waals surface area contributed by atoms with Gasteiger partial charge < -0.3 is 25.2 Å². The number of fused-ring (bicyclic) bond motifs is 1. The monoisotopic (exact) mass is 310 g/mol. The van der Waals surface area contributed by atoms with Gasteiger partial charge in [-0.1, -0.05) is 0 Å². The summed E-state index contributed by atoms with van der Waals surface area (Å²) in [6, 6.07) is 5.48. The summed E-state index contributed by atoms with van der Waals surface area (Å²) < 4.78 is 6.35. The molecular formula is C13H14N2O7. The van der Waals surface area contributed by atoms with Crippen molar-refractivity contribution in [3.63, 3.8) is 0 Å². The van der Waals surface area contributed by atoms with E-state index in [4.69, 9.17) is 9.84 Å². The lowest BCUT2D eigenvalue weighted by molar-refractivity contribution is -0.384. The highest BCUT2D eigenvalue weighted by Gasteiger charge is 2.55. The van der Waals surface area contributed by atoms with Gasteiger partial charge in [0.05, 0.1) is 17.0 Å². The SMILES string of the molecule is O=[N+]([O-])c1ccc2c(ccn2[C@@]2(O)O[C@H](CO)[C@@H](O)[C@H]2O)c1. The number of aliphatic hydroxyl groups excluding tert-OH is 3. The molecule has 118 valence electrons. The molecule has 2 heterocycles. The highest BCUT2D eigenvalue weighted by Crippen LogP contribution is 2.36. The van der Waals surface area contributed by atoms with E-state index in [0.29, 0.717) is 10.9 Å². The van der Waals surface area contributed by atoms with Crippen LogP contribution in [0.5, 0.6) is 0 Å². The van der Waals surface area contributed by atoms with Gasteiger partial charge in [-0.2, -0.15) is 0 Å². The van der Waals surface area contributed by atoms with Crippen molar-refractivity contribution in [3.05, 3.63) is 40.6 Å². The van der Waals surface area contributed by atoms with Crippen molar-refractivity contribution in [2.75, 3.05) is 6.61 Å². The Balaban J connectivity index is 2.08. The summed E-state index contributed by atoms with van der Waals surface area (Å²) >= 11 is 0. The maximum absolute atomic E-state index is 10.8. The number of aliphatic hydroxyl groups is 4. The van der Waals surface area contributed by atoms with E-state index < -0.39 is 35.8 Å². The first-order valence-electron chi connectivity index (χ1n) is 6.51. The smallest absolute Gasteiger partial charge is 0.283 e. The second kappa shape index (κ2) is 5.00. The zero-order valence-electron chi connectivity index (χ0n) is 11.2. The number of aromatic nitrogens is 1. The van der Waals surface area contributed by atoms with Crippen molar-refractivity contribution in [2.45, 2.75) is 24.2 Å². The first-order chi connectivity index (χ1) is 10.4. The summed E-state index contributed by atoms with van der Waals surface area (Å²) in [6.45, 7) is -0.578. The summed E-state index contributed by atoms with van der Waals surface area (Å²) in [5, 5.41) is 50.7. The number of hydrogen-bond acceptors (Lipinski definition) is 7. The van der Waals surface area contributed by atoms with Crippen LogP contribution in [-0.2, 0) is 10.6 Å². The number of rotatable bonds is 3. The fourth-order valence-electron chi connectivity index (χ4n) is 2.66. The average molecular weight is 310 g/mol. The van der Waals surface area contributed by atoms with Crippen LogP contribution in [-0.4, -0.2) is 54.8 Å². The Morgan fingerprint density at radius 2 is 2.09 bits per heavy atom. The van der Waals surface area contributed by atoms with E-state index in [0.717, 1.165) is 4.57 Å². The lowest BCUT2D eigenvalue weighted by Gasteiger charge is -2.28. The third-order valence-electron chi connectivity index (χ3n) is 3.82. The summed E-state index contributed by atoms with van der Waals surface area (Å²) in [7, 11) is 0. The van der Waals surface area contributed by atoms with Gasteiger partial charge in [-0.15, -0.1) is 0 Å². The Morgan fingerprint density at radius 1 is 1.36 bits per heavy atom. The number of ether oxygens (including phenoxy) is 1. The van der Waals surface area contributed by atoms with E-state index in [1.54, 1.807) is 0 Å². The maximum Gasteiger partial charge on any atom is 0.283 e. The Kier molecular flexibility index (Phi) is 3.38. The number of nitrogens with zero attached hydrogens (tertiary/aromatic N) is 2. The van der Waals surface area contributed by atoms with Crippen LogP contribution in [0.3, 0.4) is 0 Å². The highest BCUT2D eigenvalue weighted by molar-refractivity contribution is 5.82. The van der Waals surface area contributed by atoms with E-state index in [2.05, 4.69) is 0 Å². The van der Waals surface area contributed by atoms with Gasteiger partial charge in [0.15, 0.2) is 6.10 Å². The van der Waals surface area contributed by atoms with Crippen molar-refractivity contribution >= 4 is 16.6 Å². The molecule has 1 aliphatic heterocycles. The van der Waals surface area contributed by atoms with Gasteiger partial charge in [0.2, 0.25) is 0 Å². The molecule has 4 N–H and O–H groups in total. The molecule has 0 unspecified atom stereocenters. The van der Waals surface area contributed by atoms with Crippen LogP contribution in [0.4, 0.5) is 5.69 Å². The maximum atomic E-state index is 10.8. The lowest BCUT2D eigenvalue weighted by Crippen LogP contribution is -2.45. The van der Waals surface area contributed by atoms with E-state index in [1.165, 1.54) is 30.5 Å². The Hall–Kier alpha value is -2.04. The largest absolute Gasteiger partial charge is 0.394 e. The number of nitro groups is 1. The minimum Gasteiger partial charge on any atom is -0.394 e. The normalized spacial score (nSPS) is 31.7. The fraction of sp³-hybridized carbons (Fsp3) is 0.385. The van der Waals surface area contributed by atoms with Crippen LogP contribution in [0.15, 0.2) is 30.5 Å². The van der Waals surface area contributed by atoms with Crippen molar-refractivity contribution in [3.8, 4) is 0 Å². The standard InChI is InChI=1S/C13H14N2O7/c16-6-10-11(17)12(18)13(19,22-10)14-4-3-7-5-8(15(20)21)1-2-9(7)14/h1-5,10-12,16-19H,6H2/t10-,11-,12-,13+/m1/s1. The Bertz CT molecular complexity index is 730. The lowest BCUT2D eigenvalue weighted by atomic mass is 10.1. The average Bonchev–Trinajstić information content (AvgIpc) is 3.02. The van der Waals surface area contributed by atoms with Crippen molar-refractivity contribution in [1.29, 1.82) is 0 Å². The molecule has 0 radical (unpaired) electrons. The summed E-state index contributed by atoms with van der Waals surface area (Å²) in [4.78, 5) is 10.2. The zero-order valence-corrected chi connectivity index (χ0v) is 11.2. The minimum absolute atomic E-state index is 0.113. The van der Waals surface area contributed by atoms with E-state index in [9.17, 15) is 25.4 Å². The van der Waals surface area contributed by atoms with Gasteiger partial charge in [-0.05, 0) is 12.1 Å². The number of non-ortho nitro benzene ring substituents is 1. The summed E-state index contributed by atoms with van der Waals surface area (Å²) in [5.41, 5.74) is 0.260. The molecule has 0 aliphatic carbocycles. The van der Waals surface area contributed by atoms with Gasteiger partial charge in [0, 0.05) is 23.7 Å². The first-order valence-corrected chi connectivity index (χ1v) is 6.51. The van der Waals surface area contributed by atoms with Gasteiger partial charge >= 0.3 is 0 Å². The van der Waals surface area contributed by atoms with Crippen molar-refractivity contribution in [2.24, 2.45) is 0 Å². The molecule has 4 atom stereocenters. The Labute approximate surface area is 123 Å². The molecule has 2 aromatic rings. The molecule has 1 aliphatic rings. The zero-order chi connectivity index (χ0) is 16.1. The molecule has 22 heavy (non-hydrogen) atoms. The molecule has 9 nitrogen and oxygen atoms in total. The third kappa shape index (κ3) is 1.99. The number of nitro benzene ring substituents is 1. The number of hydrogen-bond donors (Lipinski definition) is 4. The summed E-state index contributed by atoms with van der Waals surface area (Å²) in [6.07, 6.45) is -2.92. The second-order valence-electron chi connectivity index (χ2n) is 5.12. The van der Waals surface area contributed by atoms with Crippen LogP contribution >= 0.6 is 0 Å². The molecule has 0 bridgehead atoms. The molecular weight excluding hydrogens is 296 g/mol. The van der Waals surface area contributed by atoms with Crippen LogP contribution < -0.4 is 0 Å².